The predicted octanol–water partition coefficient (Wildman–Crippen LogP) is 1.73. The Kier molecular flexibility index (Phi) is 2.96. The molecule has 4 heteroatoms. The number of nitrogen functional groups attached to an aromatic ring is 1. The lowest BCUT2D eigenvalue weighted by atomic mass is 10.1. The molecule has 0 aliphatic carbocycles. The van der Waals surface area contributed by atoms with Gasteiger partial charge in [0.2, 0.25) is 5.91 Å². The number of hydrogen-bond acceptors (Lipinski definition) is 3. The molecular weight excluding hydrogens is 228 g/mol. The summed E-state index contributed by atoms with van der Waals surface area (Å²) >= 11 is 0. The number of rotatable bonds is 2. The lowest BCUT2D eigenvalue weighted by molar-refractivity contribution is -0.120. The molecule has 18 heavy (non-hydrogen) atoms. The van der Waals surface area contributed by atoms with Crippen LogP contribution >= 0.6 is 0 Å². The van der Waals surface area contributed by atoms with Crippen LogP contribution in [0.15, 0.2) is 18.2 Å². The molecule has 1 amide bonds. The molecule has 1 atom stereocenters. The first-order valence-electron chi connectivity index (χ1n) is 6.54. The van der Waals surface area contributed by atoms with Crippen molar-refractivity contribution in [2.75, 3.05) is 23.8 Å². The summed E-state index contributed by atoms with van der Waals surface area (Å²) in [5.41, 5.74) is 8.70. The summed E-state index contributed by atoms with van der Waals surface area (Å²) in [4.78, 5) is 14.1. The molecule has 2 aliphatic heterocycles. The second-order valence-corrected chi connectivity index (χ2v) is 5.02. The summed E-state index contributed by atoms with van der Waals surface area (Å²) in [6.07, 6.45) is 3.61. The second-order valence-electron chi connectivity index (χ2n) is 5.02. The van der Waals surface area contributed by atoms with E-state index in [1.165, 1.54) is 5.56 Å². The standard InChI is InChI=1S/C14H18N2O2/c15-11-4-3-10-5-6-16(13(10)8-11)14(17)9-12-2-1-7-18-12/h3-4,8,12H,1-2,5-7,9,15H2. The maximum atomic E-state index is 12.3. The van der Waals surface area contributed by atoms with Crippen LogP contribution in [0.1, 0.15) is 24.8 Å². The third-order valence-electron chi connectivity index (χ3n) is 3.73. The molecule has 0 saturated carbocycles. The first-order chi connectivity index (χ1) is 8.74. The van der Waals surface area contributed by atoms with Crippen LogP contribution in [0.25, 0.3) is 0 Å². The van der Waals surface area contributed by atoms with Gasteiger partial charge in [-0.25, -0.2) is 0 Å². The molecule has 0 bridgehead atoms. The minimum atomic E-state index is 0.114. The maximum Gasteiger partial charge on any atom is 0.229 e. The van der Waals surface area contributed by atoms with Gasteiger partial charge in [-0.2, -0.15) is 0 Å². The van der Waals surface area contributed by atoms with E-state index in [9.17, 15) is 4.79 Å². The van der Waals surface area contributed by atoms with Crippen molar-refractivity contribution in [1.29, 1.82) is 0 Å². The van der Waals surface area contributed by atoms with Gasteiger partial charge in [-0.3, -0.25) is 4.79 Å². The van der Waals surface area contributed by atoms with Crippen LogP contribution < -0.4 is 10.6 Å². The SMILES string of the molecule is Nc1ccc2c(c1)N(C(=O)CC1CCCO1)CC2. The fraction of sp³-hybridized carbons (Fsp3) is 0.500. The molecule has 1 unspecified atom stereocenters. The Bertz CT molecular complexity index is 467. The Labute approximate surface area is 107 Å². The Hall–Kier alpha value is -1.55. The van der Waals surface area contributed by atoms with E-state index >= 15 is 0 Å². The van der Waals surface area contributed by atoms with Crippen molar-refractivity contribution in [3.05, 3.63) is 23.8 Å². The van der Waals surface area contributed by atoms with Crippen molar-refractivity contribution in [2.45, 2.75) is 31.8 Å². The fourth-order valence-corrected chi connectivity index (χ4v) is 2.77. The number of nitrogens with zero attached hydrogens (tertiary/aromatic N) is 1. The van der Waals surface area contributed by atoms with E-state index < -0.39 is 0 Å². The molecule has 0 aromatic heterocycles. The number of amides is 1. The average Bonchev–Trinajstić information content (AvgIpc) is 2.97. The van der Waals surface area contributed by atoms with Gasteiger partial charge in [0.1, 0.15) is 0 Å². The van der Waals surface area contributed by atoms with Gasteiger partial charge < -0.3 is 15.4 Å². The van der Waals surface area contributed by atoms with Crippen LogP contribution in [-0.4, -0.2) is 25.2 Å². The van der Waals surface area contributed by atoms with Crippen molar-refractivity contribution in [3.8, 4) is 0 Å². The van der Waals surface area contributed by atoms with E-state index in [4.69, 9.17) is 10.5 Å². The molecule has 0 radical (unpaired) electrons. The van der Waals surface area contributed by atoms with Crippen LogP contribution in [0.5, 0.6) is 0 Å². The molecule has 1 fully saturated rings. The number of carbonyl (C=O) groups excluding carboxylic acids is 1. The van der Waals surface area contributed by atoms with E-state index in [-0.39, 0.29) is 12.0 Å². The molecule has 1 aromatic rings. The minimum Gasteiger partial charge on any atom is -0.399 e. The molecule has 1 aromatic carbocycles. The number of hydrogen-bond donors (Lipinski definition) is 1. The Morgan fingerprint density at radius 3 is 3.17 bits per heavy atom. The van der Waals surface area contributed by atoms with Crippen LogP contribution in [0.3, 0.4) is 0 Å². The number of anilines is 2. The molecule has 0 spiro atoms. The summed E-state index contributed by atoms with van der Waals surface area (Å²) in [7, 11) is 0. The van der Waals surface area contributed by atoms with Gasteiger partial charge in [-0.05, 0) is 37.0 Å². The number of benzene rings is 1. The normalized spacial score (nSPS) is 22.2. The molecule has 3 rings (SSSR count). The van der Waals surface area contributed by atoms with Crippen molar-refractivity contribution >= 4 is 17.3 Å². The van der Waals surface area contributed by atoms with Crippen molar-refractivity contribution < 1.29 is 9.53 Å². The largest absolute Gasteiger partial charge is 0.399 e. The zero-order valence-corrected chi connectivity index (χ0v) is 10.4. The third kappa shape index (κ3) is 2.08. The van der Waals surface area contributed by atoms with Gasteiger partial charge in [0.15, 0.2) is 0 Å². The van der Waals surface area contributed by atoms with E-state index in [1.54, 1.807) is 0 Å². The molecule has 96 valence electrons. The highest BCUT2D eigenvalue weighted by Gasteiger charge is 2.28. The molecule has 2 aliphatic rings. The van der Waals surface area contributed by atoms with E-state index in [2.05, 4.69) is 0 Å². The van der Waals surface area contributed by atoms with E-state index in [1.807, 2.05) is 23.1 Å². The lowest BCUT2D eigenvalue weighted by Crippen LogP contribution is -2.31. The zero-order valence-electron chi connectivity index (χ0n) is 10.4. The van der Waals surface area contributed by atoms with Crippen LogP contribution in [-0.2, 0) is 16.0 Å². The number of carbonyl (C=O) groups is 1. The van der Waals surface area contributed by atoms with Crippen LogP contribution in [0.4, 0.5) is 11.4 Å². The Balaban J connectivity index is 1.74. The Morgan fingerprint density at radius 2 is 2.39 bits per heavy atom. The van der Waals surface area contributed by atoms with Crippen LogP contribution in [0, 0.1) is 0 Å². The Morgan fingerprint density at radius 1 is 1.50 bits per heavy atom. The average molecular weight is 246 g/mol. The van der Waals surface area contributed by atoms with E-state index in [0.29, 0.717) is 12.1 Å². The molecular formula is C14H18N2O2. The first kappa shape index (κ1) is 11.5. The van der Waals surface area contributed by atoms with Gasteiger partial charge in [-0.15, -0.1) is 0 Å². The summed E-state index contributed by atoms with van der Waals surface area (Å²) in [5, 5.41) is 0. The molecule has 2 heterocycles. The van der Waals surface area contributed by atoms with Gasteiger partial charge in [-0.1, -0.05) is 6.07 Å². The van der Waals surface area contributed by atoms with Crippen molar-refractivity contribution in [3.63, 3.8) is 0 Å². The summed E-state index contributed by atoms with van der Waals surface area (Å²) < 4.78 is 5.52. The summed E-state index contributed by atoms with van der Waals surface area (Å²) in [6.45, 7) is 1.56. The zero-order chi connectivity index (χ0) is 12.5. The second kappa shape index (κ2) is 4.61. The monoisotopic (exact) mass is 246 g/mol. The maximum absolute atomic E-state index is 12.3. The van der Waals surface area contributed by atoms with Gasteiger partial charge in [0.25, 0.3) is 0 Å². The highest BCUT2D eigenvalue weighted by molar-refractivity contribution is 5.96. The number of fused-ring (bicyclic) bond motifs is 1. The van der Waals surface area contributed by atoms with Crippen LogP contribution in [0.2, 0.25) is 0 Å². The smallest absolute Gasteiger partial charge is 0.229 e. The first-order valence-corrected chi connectivity index (χ1v) is 6.54. The van der Waals surface area contributed by atoms with Crippen molar-refractivity contribution in [2.24, 2.45) is 0 Å². The summed E-state index contributed by atoms with van der Waals surface area (Å²) in [6, 6.07) is 5.81. The third-order valence-corrected chi connectivity index (χ3v) is 3.73. The van der Waals surface area contributed by atoms with Crippen molar-refractivity contribution in [1.82, 2.24) is 0 Å². The van der Waals surface area contributed by atoms with E-state index in [0.717, 1.165) is 38.1 Å². The van der Waals surface area contributed by atoms with Gasteiger partial charge >= 0.3 is 0 Å². The molecule has 1 saturated heterocycles. The number of nitrogens with two attached hydrogens (primary N) is 1. The highest BCUT2D eigenvalue weighted by Crippen LogP contribution is 2.31. The lowest BCUT2D eigenvalue weighted by Gasteiger charge is -2.19. The fourth-order valence-electron chi connectivity index (χ4n) is 2.77. The quantitative estimate of drug-likeness (QED) is 0.808. The van der Waals surface area contributed by atoms with Gasteiger partial charge in [0, 0.05) is 24.5 Å². The predicted molar refractivity (Wildman–Crippen MR) is 70.5 cm³/mol. The van der Waals surface area contributed by atoms with Gasteiger partial charge in [0.05, 0.1) is 12.5 Å². The molecule has 2 N–H and O–H groups in total. The molecule has 4 nitrogen and oxygen atoms in total. The topological polar surface area (TPSA) is 55.6 Å². The minimum absolute atomic E-state index is 0.114. The summed E-state index contributed by atoms with van der Waals surface area (Å²) in [5.74, 6) is 0.159. The highest BCUT2D eigenvalue weighted by atomic mass is 16.5. The number of ether oxygens (including phenoxy) is 1.